The Morgan fingerprint density at radius 2 is 1.33 bits per heavy atom. The summed E-state index contributed by atoms with van der Waals surface area (Å²) in [5.41, 5.74) is 23.8. The highest BCUT2D eigenvalue weighted by molar-refractivity contribution is 7.80. The Hall–Kier alpha value is -5.21. The van der Waals surface area contributed by atoms with Crippen LogP contribution in [0.15, 0.2) is 47.8 Å². The van der Waals surface area contributed by atoms with E-state index in [-0.39, 0.29) is 56.3 Å². The summed E-state index contributed by atoms with van der Waals surface area (Å²) in [6.07, 6.45) is 4.22. The monoisotopic (exact) mass is 788 g/mol. The molecule has 19 nitrogen and oxygen atoms in total. The highest BCUT2D eigenvalue weighted by atomic mass is 32.1. The highest BCUT2D eigenvalue weighted by Gasteiger charge is 2.33. The van der Waals surface area contributed by atoms with E-state index in [1.54, 1.807) is 44.2 Å². The number of amides is 5. The number of carboxylic acids is 1. The van der Waals surface area contributed by atoms with E-state index in [1.807, 2.05) is 0 Å². The van der Waals surface area contributed by atoms with Gasteiger partial charge in [0, 0.05) is 37.0 Å². The number of aliphatic imine (C=N–C) groups is 1. The smallest absolute Gasteiger partial charge is 0.326 e. The van der Waals surface area contributed by atoms with Gasteiger partial charge in [0.05, 0.1) is 12.4 Å². The van der Waals surface area contributed by atoms with Crippen LogP contribution < -0.4 is 49.5 Å². The van der Waals surface area contributed by atoms with Crippen molar-refractivity contribution in [2.24, 2.45) is 33.8 Å². The number of nitrogens with two attached hydrogens (primary N) is 4. The van der Waals surface area contributed by atoms with Crippen molar-refractivity contribution in [2.75, 3.05) is 18.8 Å². The number of aromatic nitrogens is 2. The first-order valence-corrected chi connectivity index (χ1v) is 18.7. The summed E-state index contributed by atoms with van der Waals surface area (Å²) in [5.74, 6) is -5.40. The number of carbonyl (C=O) groups excluding carboxylic acids is 5. The van der Waals surface area contributed by atoms with Crippen LogP contribution in [0, 0.1) is 5.92 Å². The summed E-state index contributed by atoms with van der Waals surface area (Å²) >= 11 is 4.21. The van der Waals surface area contributed by atoms with Crippen LogP contribution in [0.5, 0.6) is 0 Å². The first-order valence-electron chi connectivity index (χ1n) is 18.0. The van der Waals surface area contributed by atoms with Crippen LogP contribution in [-0.4, -0.2) is 112 Å². The lowest BCUT2D eigenvalue weighted by Gasteiger charge is -2.27. The van der Waals surface area contributed by atoms with Gasteiger partial charge in [0.25, 0.3) is 0 Å². The van der Waals surface area contributed by atoms with Gasteiger partial charge in [0.1, 0.15) is 30.2 Å². The quantitative estimate of drug-likeness (QED) is 0.0221. The number of hydrogen-bond donors (Lipinski definition) is 12. The molecule has 20 heteroatoms. The number of aromatic amines is 1. The van der Waals surface area contributed by atoms with Gasteiger partial charge in [-0.05, 0) is 50.1 Å². The van der Waals surface area contributed by atoms with Crippen LogP contribution in [-0.2, 0) is 41.6 Å². The minimum absolute atomic E-state index is 0.000171. The van der Waals surface area contributed by atoms with E-state index in [9.17, 15) is 33.9 Å². The summed E-state index contributed by atoms with van der Waals surface area (Å²) in [5, 5.41) is 22.8. The van der Waals surface area contributed by atoms with Gasteiger partial charge in [0.15, 0.2) is 5.96 Å². The zero-order valence-corrected chi connectivity index (χ0v) is 32.1. The molecule has 0 radical (unpaired) electrons. The molecule has 0 aliphatic heterocycles. The number of aliphatic carboxylic acids is 1. The highest BCUT2D eigenvalue weighted by Crippen LogP contribution is 2.09. The number of carboxylic acid groups (broad SMARTS) is 1. The fourth-order valence-corrected chi connectivity index (χ4v) is 5.52. The van der Waals surface area contributed by atoms with Crippen LogP contribution in [0.1, 0.15) is 57.2 Å². The number of nitrogens with zero attached hydrogens (tertiary/aromatic N) is 2. The molecule has 15 N–H and O–H groups in total. The predicted molar refractivity (Wildman–Crippen MR) is 209 cm³/mol. The van der Waals surface area contributed by atoms with Crippen molar-refractivity contribution in [3.05, 3.63) is 54.1 Å². The van der Waals surface area contributed by atoms with Crippen LogP contribution in [0.25, 0.3) is 0 Å². The van der Waals surface area contributed by atoms with E-state index in [4.69, 9.17) is 22.9 Å². The molecule has 5 amide bonds. The zero-order valence-electron chi connectivity index (χ0n) is 31.2. The fraction of sp³-hybridized carbons (Fsp3) is 0.543. The molecule has 0 spiro atoms. The Labute approximate surface area is 325 Å². The van der Waals surface area contributed by atoms with Crippen molar-refractivity contribution >= 4 is 54.1 Å². The molecule has 0 saturated carbocycles. The maximum absolute atomic E-state index is 13.9. The zero-order chi connectivity index (χ0) is 40.9. The molecule has 0 bridgehead atoms. The maximum atomic E-state index is 13.9. The third-order valence-corrected chi connectivity index (χ3v) is 8.87. The first kappa shape index (κ1) is 45.9. The lowest BCUT2D eigenvalue weighted by atomic mass is 10.0. The van der Waals surface area contributed by atoms with Crippen LogP contribution >= 0.6 is 12.6 Å². The van der Waals surface area contributed by atoms with Gasteiger partial charge in [0.2, 0.25) is 29.5 Å². The minimum atomic E-state index is -1.29. The Morgan fingerprint density at radius 1 is 0.782 bits per heavy atom. The number of unbranched alkanes of at least 4 members (excludes halogenated alkanes) is 1. The molecular weight excluding hydrogens is 733 g/mol. The average molecular weight is 789 g/mol. The molecule has 0 fully saturated rings. The van der Waals surface area contributed by atoms with Crippen molar-refractivity contribution < 1.29 is 33.9 Å². The van der Waals surface area contributed by atoms with Crippen LogP contribution in [0.4, 0.5) is 0 Å². The number of carbonyl (C=O) groups is 6. The SMILES string of the molecule is CC(C)[C@H](N)C(=O)N[C@@H](Cc1cnc[nH]1)C(=O)N[C@@H](CCCN=C(N)N)C(=O)N[C@@H](CCCCN)C(=O)N[C@@H](CS)C(=O)N[C@@H](Cc1ccccc1)C(=O)O. The van der Waals surface area contributed by atoms with Gasteiger partial charge >= 0.3 is 5.97 Å². The van der Waals surface area contributed by atoms with Gasteiger partial charge in [-0.15, -0.1) is 0 Å². The third kappa shape index (κ3) is 16.8. The molecule has 2 rings (SSSR count). The number of guanidine groups is 1. The summed E-state index contributed by atoms with van der Waals surface area (Å²) in [6, 6.07) is 1.65. The molecule has 0 aliphatic carbocycles. The normalized spacial score (nSPS) is 14.3. The first-order chi connectivity index (χ1) is 26.2. The van der Waals surface area contributed by atoms with E-state index in [0.717, 1.165) is 0 Å². The van der Waals surface area contributed by atoms with Gasteiger partial charge in [-0.1, -0.05) is 44.2 Å². The topological polar surface area (TPSA) is 328 Å². The van der Waals surface area contributed by atoms with Gasteiger partial charge in [-0.3, -0.25) is 29.0 Å². The Bertz CT molecular complexity index is 1560. The molecule has 1 aromatic carbocycles. The molecule has 1 heterocycles. The number of H-pyrrole nitrogens is 1. The number of benzene rings is 1. The number of rotatable bonds is 25. The number of nitrogens with one attached hydrogen (secondary N) is 6. The van der Waals surface area contributed by atoms with Crippen molar-refractivity contribution in [3.8, 4) is 0 Å². The largest absolute Gasteiger partial charge is 0.480 e. The minimum Gasteiger partial charge on any atom is -0.480 e. The molecule has 0 saturated heterocycles. The fourth-order valence-electron chi connectivity index (χ4n) is 5.26. The summed E-state index contributed by atoms with van der Waals surface area (Å²) < 4.78 is 0. The second kappa shape index (κ2) is 24.2. The molecule has 55 heavy (non-hydrogen) atoms. The molecule has 304 valence electrons. The lowest BCUT2D eigenvalue weighted by molar-refractivity contribution is -0.142. The second-order valence-electron chi connectivity index (χ2n) is 13.3. The van der Waals surface area contributed by atoms with Crippen molar-refractivity contribution in [1.29, 1.82) is 0 Å². The van der Waals surface area contributed by atoms with Crippen LogP contribution in [0.2, 0.25) is 0 Å². The molecule has 0 unspecified atom stereocenters. The standard InChI is InChI=1S/C35H56N12O7S/c1-20(2)28(37)33(52)45-25(16-22-17-40-19-42-22)31(50)44-24(12-8-14-41-35(38)39)29(48)43-23(11-6-7-13-36)30(49)47-27(18-55)32(51)46-26(34(53)54)15-21-9-4-3-5-10-21/h3-5,9-10,17,19-20,23-28,55H,6-8,11-16,18,36-37H2,1-2H3,(H,40,42)(H,43,48)(H,44,50)(H,45,52)(H,46,51)(H,47,49)(H,53,54)(H4,38,39,41)/t23-,24-,25-,26-,27-,28-/m0/s1. The Balaban J connectivity index is 2.29. The average Bonchev–Trinajstić information content (AvgIpc) is 3.66. The van der Waals surface area contributed by atoms with E-state index >= 15 is 0 Å². The van der Waals surface area contributed by atoms with Gasteiger partial charge in [-0.25, -0.2) is 9.78 Å². The van der Waals surface area contributed by atoms with E-state index in [0.29, 0.717) is 30.6 Å². The second-order valence-corrected chi connectivity index (χ2v) is 13.7. The molecule has 1 aromatic heterocycles. The van der Waals surface area contributed by atoms with Crippen molar-refractivity contribution in [3.63, 3.8) is 0 Å². The number of hydrogen-bond acceptors (Lipinski definition) is 11. The number of thiol groups is 1. The third-order valence-electron chi connectivity index (χ3n) is 8.50. The van der Waals surface area contributed by atoms with Crippen LogP contribution in [0.3, 0.4) is 0 Å². The maximum Gasteiger partial charge on any atom is 0.326 e. The summed E-state index contributed by atoms with van der Waals surface area (Å²) in [7, 11) is 0. The number of imidazole rings is 1. The summed E-state index contributed by atoms with van der Waals surface area (Å²) in [4.78, 5) is 90.2. The molecule has 0 aliphatic rings. The molecular formula is C35H56N12O7S. The van der Waals surface area contributed by atoms with Crippen molar-refractivity contribution in [2.45, 2.75) is 95.0 Å². The lowest BCUT2D eigenvalue weighted by Crippen LogP contribution is -2.60. The Morgan fingerprint density at radius 3 is 1.85 bits per heavy atom. The Kier molecular flexibility index (Phi) is 20.3. The van der Waals surface area contributed by atoms with Gasteiger partial charge < -0.3 is 59.6 Å². The van der Waals surface area contributed by atoms with Crippen molar-refractivity contribution in [1.82, 2.24) is 36.6 Å². The van der Waals surface area contributed by atoms with E-state index < -0.39 is 71.8 Å². The predicted octanol–water partition coefficient (Wildman–Crippen LogP) is -2.20. The summed E-state index contributed by atoms with van der Waals surface area (Å²) in [6.45, 7) is 3.96. The van der Waals surface area contributed by atoms with Gasteiger partial charge in [-0.2, -0.15) is 12.6 Å². The molecule has 6 atom stereocenters. The van der Waals surface area contributed by atoms with E-state index in [2.05, 4.69) is 54.2 Å². The van der Waals surface area contributed by atoms with E-state index in [1.165, 1.54) is 12.5 Å². The molecule has 2 aromatic rings.